The number of nitrogens with zero attached hydrogens (tertiary/aromatic N) is 1. The summed E-state index contributed by atoms with van der Waals surface area (Å²) in [5.74, 6) is -1.45. The molecule has 1 heterocycles. The van der Waals surface area contributed by atoms with Crippen LogP contribution in [-0.4, -0.2) is 66.8 Å². The molecular weight excluding hydrogens is 569 g/mol. The molecule has 1 aliphatic heterocycles. The van der Waals surface area contributed by atoms with Gasteiger partial charge in [-0.1, -0.05) is 20.8 Å². The number of amides is 2. The number of nitrogens with one attached hydrogen (secondary N) is 2. The number of esters is 1. The van der Waals surface area contributed by atoms with Gasteiger partial charge in [-0.15, -0.1) is 0 Å². The van der Waals surface area contributed by atoms with E-state index in [0.717, 1.165) is 0 Å². The molecule has 0 aromatic rings. The molecule has 5 atom stereocenters. The quantitative estimate of drug-likeness (QED) is 0.0993. The van der Waals surface area contributed by atoms with Crippen molar-refractivity contribution in [1.29, 1.82) is 0 Å². The number of carbonyl (C=O) groups is 3. The van der Waals surface area contributed by atoms with Gasteiger partial charge in [-0.05, 0) is 73.8 Å². The molecule has 0 saturated heterocycles. The minimum atomic E-state index is -3.96. The first-order valence-corrected chi connectivity index (χ1v) is 15.8. The fourth-order valence-electron chi connectivity index (χ4n) is 3.94. The first kappa shape index (κ1) is 37.4. The van der Waals surface area contributed by atoms with Crippen molar-refractivity contribution in [3.8, 4) is 0 Å². The molecule has 0 spiro atoms. The van der Waals surface area contributed by atoms with E-state index in [4.69, 9.17) is 28.0 Å². The lowest BCUT2D eigenvalue weighted by molar-refractivity contribution is -0.161. The van der Waals surface area contributed by atoms with E-state index in [-0.39, 0.29) is 30.6 Å². The van der Waals surface area contributed by atoms with Gasteiger partial charge in [0.15, 0.2) is 0 Å². The second-order valence-corrected chi connectivity index (χ2v) is 13.9. The molecule has 2 amide bonds. The Bertz CT molecular complexity index is 1010. The van der Waals surface area contributed by atoms with Crippen molar-refractivity contribution in [2.75, 3.05) is 13.2 Å². The van der Waals surface area contributed by atoms with Crippen LogP contribution in [0.15, 0.2) is 16.6 Å². The summed E-state index contributed by atoms with van der Waals surface area (Å²) in [7, 11) is -3.96. The van der Waals surface area contributed by atoms with E-state index in [1.165, 1.54) is 13.0 Å². The van der Waals surface area contributed by atoms with Crippen molar-refractivity contribution in [2.24, 2.45) is 16.8 Å². The van der Waals surface area contributed by atoms with Crippen molar-refractivity contribution in [2.45, 2.75) is 119 Å². The predicted octanol–water partition coefficient (Wildman–Crippen LogP) is 5.88. The smallest absolute Gasteiger partial charge is 0.414 e. The third kappa shape index (κ3) is 12.3. The number of hydrogen-bond acceptors (Lipinski definition) is 11. The minimum absolute atomic E-state index is 0.0660. The van der Waals surface area contributed by atoms with Gasteiger partial charge in [-0.2, -0.15) is 0 Å². The van der Waals surface area contributed by atoms with Crippen LogP contribution in [0.3, 0.4) is 0 Å². The van der Waals surface area contributed by atoms with Gasteiger partial charge in [0, 0.05) is 12.8 Å². The van der Waals surface area contributed by atoms with Gasteiger partial charge in [-0.25, -0.2) is 14.6 Å². The van der Waals surface area contributed by atoms with E-state index >= 15 is 0 Å². The Labute approximate surface area is 250 Å². The molecule has 0 radical (unpaired) electrons. The number of alkyl carbamates (subject to hydrolysis) is 2. The topological polar surface area (TPSA) is 160 Å². The summed E-state index contributed by atoms with van der Waals surface area (Å²) in [6, 6.07) is -0.866. The summed E-state index contributed by atoms with van der Waals surface area (Å²) in [4.78, 5) is 42.1. The summed E-state index contributed by atoms with van der Waals surface area (Å²) in [6.07, 6.45) is -1.22. The summed E-state index contributed by atoms with van der Waals surface area (Å²) in [5.41, 5.74) is -1.78. The van der Waals surface area contributed by atoms with E-state index in [0.29, 0.717) is 6.42 Å². The molecule has 0 aromatic carbocycles. The Balaban J connectivity index is 3.75. The van der Waals surface area contributed by atoms with E-state index in [1.807, 2.05) is 13.8 Å². The van der Waals surface area contributed by atoms with Crippen LogP contribution >= 0.6 is 7.60 Å². The van der Waals surface area contributed by atoms with Crippen LogP contribution in [0.1, 0.15) is 89.5 Å². The fourth-order valence-corrected chi connectivity index (χ4v) is 5.53. The van der Waals surface area contributed by atoms with Crippen molar-refractivity contribution in [3.05, 3.63) is 11.6 Å². The van der Waals surface area contributed by atoms with Crippen molar-refractivity contribution >= 4 is 31.7 Å². The zero-order chi connectivity index (χ0) is 32.5. The Morgan fingerprint density at radius 3 is 1.83 bits per heavy atom. The van der Waals surface area contributed by atoms with Crippen molar-refractivity contribution in [3.63, 3.8) is 0 Å². The van der Waals surface area contributed by atoms with Gasteiger partial charge in [0.1, 0.15) is 23.4 Å². The Kier molecular flexibility index (Phi) is 14.0. The molecule has 242 valence electrons. The van der Waals surface area contributed by atoms with Crippen LogP contribution in [0.4, 0.5) is 9.59 Å². The van der Waals surface area contributed by atoms with Crippen LogP contribution in [0, 0.1) is 11.8 Å². The van der Waals surface area contributed by atoms with E-state index in [2.05, 4.69) is 15.6 Å². The van der Waals surface area contributed by atoms with E-state index < -0.39 is 61.1 Å². The number of hydrogen-bond donors (Lipinski definition) is 2. The third-order valence-electron chi connectivity index (χ3n) is 5.84. The largest absolute Gasteiger partial charge is 0.478 e. The van der Waals surface area contributed by atoms with Crippen LogP contribution < -0.4 is 10.6 Å². The molecule has 1 aliphatic rings. The summed E-state index contributed by atoms with van der Waals surface area (Å²) >= 11 is 0. The lowest BCUT2D eigenvalue weighted by Crippen LogP contribution is -2.50. The average molecular weight is 620 g/mol. The molecule has 42 heavy (non-hydrogen) atoms. The maximum Gasteiger partial charge on any atom is 0.414 e. The average Bonchev–Trinajstić information content (AvgIpc) is 2.81. The van der Waals surface area contributed by atoms with Crippen LogP contribution in [0.5, 0.6) is 0 Å². The van der Waals surface area contributed by atoms with Crippen LogP contribution in [0.25, 0.3) is 0 Å². The first-order valence-electron chi connectivity index (χ1n) is 14.3. The van der Waals surface area contributed by atoms with Crippen molar-refractivity contribution < 1.29 is 46.9 Å². The molecule has 14 heteroatoms. The van der Waals surface area contributed by atoms with Crippen LogP contribution in [0.2, 0.25) is 0 Å². The number of rotatable bonds is 10. The molecule has 2 N–H and O–H groups in total. The van der Waals surface area contributed by atoms with Gasteiger partial charge < -0.3 is 28.0 Å². The second-order valence-electron chi connectivity index (χ2n) is 12.0. The standard InChI is InChI=1S/C28H50N3O10P/c1-13-17(4)22(38-19(6)32)23-18(5)20(16-21(39-23)42(35,36-14-2)37-15-3)29-24(30-25(33)40-27(7,8)9)31-26(34)41-28(10,11)12/h16-18,20,22-23H,13-15H2,1-12H3,(H2,29,30,31,33,34)/t17-,18-,20+,22-,23-/m1/s1. The Morgan fingerprint density at radius 2 is 1.45 bits per heavy atom. The Morgan fingerprint density at radius 1 is 0.976 bits per heavy atom. The van der Waals surface area contributed by atoms with Crippen LogP contribution in [-0.2, 0) is 37.4 Å². The van der Waals surface area contributed by atoms with Gasteiger partial charge in [0.25, 0.3) is 0 Å². The monoisotopic (exact) mass is 619 g/mol. The molecule has 0 unspecified atom stereocenters. The Hall–Kier alpha value is -2.63. The van der Waals surface area contributed by atoms with E-state index in [1.54, 1.807) is 62.3 Å². The number of aliphatic imine (C=N–C) groups is 1. The molecule has 1 rings (SSSR count). The summed E-state index contributed by atoms with van der Waals surface area (Å²) in [6.45, 7) is 20.5. The van der Waals surface area contributed by atoms with Crippen molar-refractivity contribution in [1.82, 2.24) is 10.6 Å². The summed E-state index contributed by atoms with van der Waals surface area (Å²) < 4.78 is 47.5. The zero-order valence-electron chi connectivity index (χ0n) is 27.1. The minimum Gasteiger partial charge on any atom is -0.478 e. The lowest BCUT2D eigenvalue weighted by atomic mass is 9.85. The molecule has 0 aromatic heterocycles. The molecule has 0 bridgehead atoms. The molecule has 0 saturated carbocycles. The highest BCUT2D eigenvalue weighted by Gasteiger charge is 2.46. The highest BCUT2D eigenvalue weighted by molar-refractivity contribution is 7.58. The van der Waals surface area contributed by atoms with E-state index in [9.17, 15) is 18.9 Å². The van der Waals surface area contributed by atoms with Gasteiger partial charge in [0.05, 0.1) is 19.3 Å². The molecule has 0 fully saturated rings. The van der Waals surface area contributed by atoms with Gasteiger partial charge in [0.2, 0.25) is 11.5 Å². The first-order chi connectivity index (χ1) is 19.2. The number of guanidine groups is 1. The molecule has 13 nitrogen and oxygen atoms in total. The second kappa shape index (κ2) is 15.7. The maximum absolute atomic E-state index is 13.8. The normalized spacial score (nSPS) is 20.7. The fraction of sp³-hybridized carbons (Fsp3) is 0.786. The van der Waals surface area contributed by atoms with Gasteiger partial charge >= 0.3 is 25.8 Å². The molecule has 0 aliphatic carbocycles. The lowest BCUT2D eigenvalue weighted by Gasteiger charge is -2.40. The number of ether oxygens (including phenoxy) is 4. The third-order valence-corrected chi connectivity index (χ3v) is 7.83. The maximum atomic E-state index is 13.8. The highest BCUT2D eigenvalue weighted by Crippen LogP contribution is 2.58. The zero-order valence-corrected chi connectivity index (χ0v) is 28.0. The number of carbonyl (C=O) groups excluding carboxylic acids is 3. The SMILES string of the molecule is CCOP(=O)(OCC)C1=C[C@H](N=C(NC(=O)OC(C)(C)C)NC(=O)OC(C)(C)C)[C@@H](C)[C@H]([C@H](OC(C)=O)[C@H](C)CC)O1. The molecular formula is C28H50N3O10P. The summed E-state index contributed by atoms with van der Waals surface area (Å²) in [5, 5.41) is 4.92. The predicted molar refractivity (Wildman–Crippen MR) is 158 cm³/mol. The highest BCUT2D eigenvalue weighted by atomic mass is 31.2. The van der Waals surface area contributed by atoms with Gasteiger partial charge in [-0.3, -0.25) is 20.0 Å².